The summed E-state index contributed by atoms with van der Waals surface area (Å²) in [5.74, 6) is 1.22. The van der Waals surface area contributed by atoms with Crippen LogP contribution < -0.4 is 29.0 Å². The minimum atomic E-state index is -1.54. The van der Waals surface area contributed by atoms with Gasteiger partial charge in [-0.05, 0) is 62.2 Å². The Balaban J connectivity index is 1.25. The number of aromatic hydroxyl groups is 1. The second-order valence-electron chi connectivity index (χ2n) is 16.4. The number of benzene rings is 3. The van der Waals surface area contributed by atoms with Crippen LogP contribution in [0.5, 0.6) is 34.5 Å². The first kappa shape index (κ1) is 37.6. The number of fused-ring (bicyclic) bond motifs is 8. The van der Waals surface area contributed by atoms with Gasteiger partial charge in [-0.25, -0.2) is 4.79 Å². The zero-order chi connectivity index (χ0) is 40.6. The Labute approximate surface area is 338 Å². The molecule has 1 aromatic heterocycles. The van der Waals surface area contributed by atoms with Gasteiger partial charge in [0.25, 0.3) is 0 Å². The molecule has 8 aliphatic heterocycles. The molecule has 0 radical (unpaired) electrons. The van der Waals surface area contributed by atoms with E-state index in [-0.39, 0.29) is 44.5 Å². The van der Waals surface area contributed by atoms with Crippen LogP contribution in [0.1, 0.15) is 68.9 Å². The van der Waals surface area contributed by atoms with E-state index in [2.05, 4.69) is 15.2 Å². The summed E-state index contributed by atoms with van der Waals surface area (Å²) in [4.78, 5) is 35.8. The van der Waals surface area contributed by atoms with Gasteiger partial charge in [-0.15, -0.1) is 11.8 Å². The quantitative estimate of drug-likeness (QED) is 0.149. The third-order valence-corrected chi connectivity index (χ3v) is 14.6. The van der Waals surface area contributed by atoms with Crippen molar-refractivity contribution in [3.8, 4) is 34.5 Å². The number of thioether (sulfide) groups is 1. The molecule has 8 atom stereocenters. The molecular weight excluding hydrogens is 769 g/mol. The van der Waals surface area contributed by atoms with Gasteiger partial charge in [-0.1, -0.05) is 6.07 Å². The SMILES string of the molecule is COc1ccc2[nH]c3c(c2c1)C[C@@H](CO)N[C@]31CS[C@@H]2c3c(OC(C)=O)c(C)c4c(c3[C@H](COC1=O)N1[C@@H]2[C@H]2c3c(cc(C)c(OC)c3O)CC1(O)CN2C)OCO4. The average molecular weight is 815 g/mol. The number of nitrogens with one attached hydrogen (secondary N) is 2. The monoisotopic (exact) mass is 814 g/mol. The number of carbonyl (C=O) groups excluding carboxylic acids is 2. The molecule has 9 heterocycles. The fourth-order valence-electron chi connectivity index (χ4n) is 11.0. The van der Waals surface area contributed by atoms with Crippen LogP contribution in [-0.2, 0) is 32.7 Å². The van der Waals surface area contributed by atoms with E-state index in [9.17, 15) is 20.1 Å². The number of aromatic amines is 1. The molecule has 2 fully saturated rings. The lowest BCUT2D eigenvalue weighted by Gasteiger charge is -2.60. The van der Waals surface area contributed by atoms with E-state index in [4.69, 9.17) is 28.4 Å². The van der Waals surface area contributed by atoms with Crippen molar-refractivity contribution < 1.29 is 53.3 Å². The van der Waals surface area contributed by atoms with Crippen LogP contribution >= 0.6 is 11.8 Å². The maximum absolute atomic E-state index is 15.1. The van der Waals surface area contributed by atoms with Crippen molar-refractivity contribution in [3.05, 3.63) is 68.9 Å². The second-order valence-corrected chi connectivity index (χ2v) is 17.5. The van der Waals surface area contributed by atoms with Crippen molar-refractivity contribution in [1.29, 1.82) is 0 Å². The van der Waals surface area contributed by atoms with Crippen LogP contribution in [0.15, 0.2) is 24.3 Å². The van der Waals surface area contributed by atoms with Gasteiger partial charge in [0.1, 0.15) is 23.8 Å². The van der Waals surface area contributed by atoms with Crippen molar-refractivity contribution in [2.45, 2.75) is 74.3 Å². The van der Waals surface area contributed by atoms with E-state index < -0.39 is 52.6 Å². The summed E-state index contributed by atoms with van der Waals surface area (Å²) in [6.07, 6.45) is 0.601. The van der Waals surface area contributed by atoms with E-state index in [1.54, 1.807) is 7.11 Å². The Kier molecular flexibility index (Phi) is 8.51. The van der Waals surface area contributed by atoms with Crippen LogP contribution in [0.4, 0.5) is 0 Å². The lowest BCUT2D eigenvalue weighted by Crippen LogP contribution is -2.70. The number of aryl methyl sites for hydroxylation is 1. The van der Waals surface area contributed by atoms with Crippen molar-refractivity contribution >= 4 is 34.6 Å². The summed E-state index contributed by atoms with van der Waals surface area (Å²) in [7, 11) is 5.07. The summed E-state index contributed by atoms with van der Waals surface area (Å²) in [6, 6.07) is 5.22. The summed E-state index contributed by atoms with van der Waals surface area (Å²) in [5.41, 5.74) is 3.31. The molecule has 306 valence electrons. The Morgan fingerprint density at radius 1 is 1.07 bits per heavy atom. The number of likely N-dealkylation sites (N-methyl/N-ethyl adjacent to an activating group) is 1. The zero-order valence-electron chi connectivity index (χ0n) is 33.1. The third-order valence-electron chi connectivity index (χ3n) is 13.1. The fraction of sp³-hybridized carbons (Fsp3) is 0.476. The molecule has 2 saturated heterocycles. The van der Waals surface area contributed by atoms with E-state index in [0.717, 1.165) is 27.6 Å². The molecule has 12 rings (SSSR count). The number of aromatic nitrogens is 1. The van der Waals surface area contributed by atoms with Gasteiger partial charge in [0.15, 0.2) is 28.5 Å². The van der Waals surface area contributed by atoms with Gasteiger partial charge in [0, 0.05) is 70.9 Å². The van der Waals surface area contributed by atoms with E-state index in [1.807, 2.05) is 50.1 Å². The summed E-state index contributed by atoms with van der Waals surface area (Å²) in [6.45, 7) is 4.72. The molecule has 0 saturated carbocycles. The Bertz CT molecular complexity index is 2440. The number of carbonyl (C=O) groups is 2. The molecule has 5 N–H and O–H groups in total. The minimum Gasteiger partial charge on any atom is -0.504 e. The molecule has 15 nitrogen and oxygen atoms in total. The van der Waals surface area contributed by atoms with Gasteiger partial charge in [-0.2, -0.15) is 0 Å². The predicted molar refractivity (Wildman–Crippen MR) is 211 cm³/mol. The van der Waals surface area contributed by atoms with Gasteiger partial charge in [-0.3, -0.25) is 19.9 Å². The second kappa shape index (κ2) is 13.1. The molecule has 1 spiro atoms. The number of phenols is 1. The van der Waals surface area contributed by atoms with Crippen molar-refractivity contribution in [1.82, 2.24) is 20.1 Å². The van der Waals surface area contributed by atoms with Gasteiger partial charge >= 0.3 is 11.9 Å². The lowest BCUT2D eigenvalue weighted by molar-refractivity contribution is -0.215. The largest absolute Gasteiger partial charge is 0.504 e. The number of esters is 2. The van der Waals surface area contributed by atoms with Crippen LogP contribution in [0.3, 0.4) is 0 Å². The molecule has 58 heavy (non-hydrogen) atoms. The number of rotatable bonds is 4. The predicted octanol–water partition coefficient (Wildman–Crippen LogP) is 3.55. The van der Waals surface area contributed by atoms with E-state index in [1.165, 1.54) is 25.8 Å². The number of aliphatic hydroxyl groups is 2. The third kappa shape index (κ3) is 5.05. The highest BCUT2D eigenvalue weighted by Gasteiger charge is 2.64. The highest BCUT2D eigenvalue weighted by Crippen LogP contribution is 2.65. The van der Waals surface area contributed by atoms with Crippen LogP contribution in [0.2, 0.25) is 0 Å². The summed E-state index contributed by atoms with van der Waals surface area (Å²) in [5, 5.41) is 39.8. The van der Waals surface area contributed by atoms with Gasteiger partial charge < -0.3 is 48.7 Å². The van der Waals surface area contributed by atoms with Crippen LogP contribution in [0.25, 0.3) is 10.9 Å². The van der Waals surface area contributed by atoms with E-state index in [0.29, 0.717) is 63.1 Å². The normalized spacial score (nSPS) is 30.6. The summed E-state index contributed by atoms with van der Waals surface area (Å²) < 4.78 is 36.3. The first-order valence-electron chi connectivity index (χ1n) is 19.4. The highest BCUT2D eigenvalue weighted by atomic mass is 32.2. The zero-order valence-corrected chi connectivity index (χ0v) is 33.9. The Morgan fingerprint density at radius 2 is 1.86 bits per heavy atom. The molecule has 4 aromatic rings. The van der Waals surface area contributed by atoms with Crippen molar-refractivity contribution in [2.24, 2.45) is 0 Å². The minimum absolute atomic E-state index is 0.00139. The topological polar surface area (TPSA) is 185 Å². The Morgan fingerprint density at radius 3 is 2.60 bits per heavy atom. The number of aliphatic hydroxyl groups excluding tert-OH is 1. The fourth-order valence-corrected chi connectivity index (χ4v) is 12.6. The number of ether oxygens (including phenoxy) is 6. The lowest BCUT2D eigenvalue weighted by atomic mass is 9.78. The van der Waals surface area contributed by atoms with Crippen LogP contribution in [-0.4, -0.2) is 113 Å². The molecule has 0 amide bonds. The number of piperazine rings is 1. The standard InChI is InChI=1S/C42H46N4O11S/c1-18-9-21-12-41(51)15-45(4)31(28(21)33(49)34(18)53-6)32-38-30-29(37-36(55-17-56-37)19(2)35(30)57-20(3)48)27(46(32)41)14-54-40(50)42(16-58-38)39-25(10-22(13-47)44-42)24-11-23(52-5)7-8-26(24)43-39/h7-9,11,22,27,31-32,38,43-44,47,49,51H,10,12-17H2,1-6H3/t22-,27-,31+,32+,38+,41?,42+/m0/s1. The maximum Gasteiger partial charge on any atom is 0.333 e. The number of hydrogen-bond acceptors (Lipinski definition) is 15. The number of nitrogens with zero attached hydrogens (tertiary/aromatic N) is 2. The molecule has 3 aromatic carbocycles. The van der Waals surface area contributed by atoms with Gasteiger partial charge in [0.05, 0.1) is 43.9 Å². The maximum atomic E-state index is 15.1. The molecule has 8 aliphatic rings. The Hall–Kier alpha value is -4.71. The first-order valence-corrected chi connectivity index (χ1v) is 20.5. The number of hydrogen-bond donors (Lipinski definition) is 5. The first-order chi connectivity index (χ1) is 27.8. The number of methoxy groups -OCH3 is 2. The summed E-state index contributed by atoms with van der Waals surface area (Å²) >= 11 is 1.46. The average Bonchev–Trinajstić information content (AvgIpc) is 3.78. The van der Waals surface area contributed by atoms with Crippen LogP contribution in [0, 0.1) is 13.8 Å². The molecule has 2 unspecified atom stereocenters. The van der Waals surface area contributed by atoms with E-state index >= 15 is 4.79 Å². The molecule has 0 aliphatic carbocycles. The van der Waals surface area contributed by atoms with Crippen molar-refractivity contribution in [2.75, 3.05) is 53.6 Å². The molecule has 4 bridgehead atoms. The molecule has 16 heteroatoms. The number of phenolic OH excluding ortho intramolecular Hbond substituents is 1. The van der Waals surface area contributed by atoms with Crippen molar-refractivity contribution in [3.63, 3.8) is 0 Å². The smallest absolute Gasteiger partial charge is 0.333 e. The van der Waals surface area contributed by atoms with Gasteiger partial charge in [0.2, 0.25) is 6.79 Å². The molecular formula is C42H46N4O11S. The highest BCUT2D eigenvalue weighted by molar-refractivity contribution is 7.99. The number of H-pyrrole nitrogens is 1.